The standard InChI is InChI=1S/C21H31N3O4S.C2HF3O2/c1-17-5-3-4-6-19(17)29(26,27)24-9-7-21(8-10-24)13-18(28-16-21)14-23-12-11-22(2)20(25)15-23;3-2(4,5)1(6)7/h3-6,18H,7-16H2,1-2H3;(H,6,7). The van der Waals surface area contributed by atoms with Crippen LogP contribution in [0.25, 0.3) is 0 Å². The maximum atomic E-state index is 13.0. The molecule has 1 spiro atoms. The average Bonchev–Trinajstić information content (AvgIpc) is 3.18. The van der Waals surface area contributed by atoms with E-state index in [2.05, 4.69) is 4.90 Å². The summed E-state index contributed by atoms with van der Waals surface area (Å²) >= 11 is 0. The Labute approximate surface area is 208 Å². The van der Waals surface area contributed by atoms with Crippen LogP contribution in [0.3, 0.4) is 0 Å². The molecule has 0 aromatic heterocycles. The summed E-state index contributed by atoms with van der Waals surface area (Å²) in [4.78, 5) is 25.2. The van der Waals surface area contributed by atoms with Crippen LogP contribution in [-0.4, -0.2) is 105 Å². The number of hydrogen-bond donors (Lipinski definition) is 1. The van der Waals surface area contributed by atoms with Crippen LogP contribution in [0.15, 0.2) is 29.2 Å². The molecule has 0 aliphatic carbocycles. The second-order valence-electron chi connectivity index (χ2n) is 9.66. The molecule has 1 aromatic rings. The van der Waals surface area contributed by atoms with Gasteiger partial charge in [-0.15, -0.1) is 0 Å². The zero-order valence-electron chi connectivity index (χ0n) is 20.3. The number of alkyl halides is 3. The van der Waals surface area contributed by atoms with E-state index < -0.39 is 22.2 Å². The van der Waals surface area contributed by atoms with E-state index in [0.29, 0.717) is 31.1 Å². The van der Waals surface area contributed by atoms with Gasteiger partial charge in [-0.3, -0.25) is 9.69 Å². The number of hydrogen-bond acceptors (Lipinski definition) is 6. The monoisotopic (exact) mass is 535 g/mol. The van der Waals surface area contributed by atoms with Crippen molar-refractivity contribution in [3.05, 3.63) is 29.8 Å². The van der Waals surface area contributed by atoms with Crippen LogP contribution in [0.5, 0.6) is 0 Å². The molecule has 9 nitrogen and oxygen atoms in total. The van der Waals surface area contributed by atoms with Crippen molar-refractivity contribution < 1.29 is 41.0 Å². The first-order chi connectivity index (χ1) is 16.7. The molecular weight excluding hydrogens is 503 g/mol. The van der Waals surface area contributed by atoms with Crippen molar-refractivity contribution in [1.82, 2.24) is 14.1 Å². The van der Waals surface area contributed by atoms with Gasteiger partial charge in [-0.1, -0.05) is 18.2 Å². The highest BCUT2D eigenvalue weighted by Crippen LogP contribution is 2.43. The van der Waals surface area contributed by atoms with E-state index in [9.17, 15) is 26.4 Å². The average molecular weight is 536 g/mol. The summed E-state index contributed by atoms with van der Waals surface area (Å²) in [6.45, 7) is 6.52. The van der Waals surface area contributed by atoms with Crippen molar-refractivity contribution in [3.8, 4) is 0 Å². The Hall–Kier alpha value is -2.22. The van der Waals surface area contributed by atoms with Crippen molar-refractivity contribution in [1.29, 1.82) is 0 Å². The van der Waals surface area contributed by atoms with Gasteiger partial charge in [0, 0.05) is 39.8 Å². The molecule has 3 fully saturated rings. The van der Waals surface area contributed by atoms with E-state index >= 15 is 0 Å². The molecule has 3 aliphatic rings. The highest BCUT2D eigenvalue weighted by Gasteiger charge is 2.45. The Morgan fingerprint density at radius 2 is 1.78 bits per heavy atom. The van der Waals surface area contributed by atoms with E-state index in [1.807, 2.05) is 26.1 Å². The van der Waals surface area contributed by atoms with Gasteiger partial charge in [0.1, 0.15) is 0 Å². The van der Waals surface area contributed by atoms with Crippen LogP contribution in [0.1, 0.15) is 24.8 Å². The van der Waals surface area contributed by atoms with E-state index in [-0.39, 0.29) is 17.4 Å². The van der Waals surface area contributed by atoms with Crippen molar-refractivity contribution in [2.75, 3.05) is 52.9 Å². The van der Waals surface area contributed by atoms with Gasteiger partial charge in [-0.05, 0) is 43.2 Å². The number of amides is 1. The minimum Gasteiger partial charge on any atom is -0.475 e. The SMILES string of the molecule is Cc1ccccc1S(=O)(=O)N1CCC2(CC1)COC(CN1CCN(C)C(=O)C1)C2.O=C(O)C(F)(F)F. The molecule has 0 radical (unpaired) electrons. The van der Waals surface area contributed by atoms with Gasteiger partial charge in [0.2, 0.25) is 15.9 Å². The van der Waals surface area contributed by atoms with Crippen molar-refractivity contribution in [3.63, 3.8) is 0 Å². The maximum absolute atomic E-state index is 13.0. The number of benzene rings is 1. The van der Waals surface area contributed by atoms with E-state index in [1.54, 1.807) is 21.3 Å². The number of piperidine rings is 1. The summed E-state index contributed by atoms with van der Waals surface area (Å²) in [5.74, 6) is -2.59. The Morgan fingerprint density at radius 3 is 2.33 bits per heavy atom. The number of aliphatic carboxylic acids is 1. The lowest BCUT2D eigenvalue weighted by Crippen LogP contribution is -2.50. The van der Waals surface area contributed by atoms with Gasteiger partial charge < -0.3 is 14.7 Å². The number of nitrogens with zero attached hydrogens (tertiary/aromatic N) is 3. The molecule has 1 amide bonds. The van der Waals surface area contributed by atoms with E-state index in [1.165, 1.54) is 0 Å². The van der Waals surface area contributed by atoms with Crippen LogP contribution in [-0.2, 0) is 24.3 Å². The Bertz CT molecular complexity index is 1060. The number of ether oxygens (including phenoxy) is 1. The Morgan fingerprint density at radius 1 is 1.17 bits per heavy atom. The summed E-state index contributed by atoms with van der Waals surface area (Å²) in [7, 11) is -1.60. The van der Waals surface area contributed by atoms with Crippen molar-refractivity contribution >= 4 is 21.9 Å². The molecule has 1 atom stereocenters. The molecular formula is C23H32F3N3O6S. The molecule has 13 heteroatoms. The number of likely N-dealkylation sites (N-methyl/N-ethyl adjacent to an activating group) is 1. The number of carbonyl (C=O) groups is 2. The van der Waals surface area contributed by atoms with Crippen LogP contribution < -0.4 is 0 Å². The number of rotatable bonds is 4. The van der Waals surface area contributed by atoms with Crippen molar-refractivity contribution in [2.24, 2.45) is 5.41 Å². The second-order valence-corrected chi connectivity index (χ2v) is 11.6. The molecule has 1 N–H and O–H groups in total. The molecule has 3 saturated heterocycles. The second kappa shape index (κ2) is 11.0. The molecule has 3 heterocycles. The molecule has 1 aromatic carbocycles. The fourth-order valence-electron chi connectivity index (χ4n) is 4.80. The minimum absolute atomic E-state index is 0.0685. The fourth-order valence-corrected chi connectivity index (χ4v) is 6.46. The zero-order valence-corrected chi connectivity index (χ0v) is 21.1. The van der Waals surface area contributed by atoms with Gasteiger partial charge in [0.05, 0.1) is 24.2 Å². The molecule has 1 unspecified atom stereocenters. The van der Waals surface area contributed by atoms with Crippen LogP contribution >= 0.6 is 0 Å². The summed E-state index contributed by atoms with van der Waals surface area (Å²) in [6, 6.07) is 7.19. The minimum atomic E-state index is -5.08. The third-order valence-corrected chi connectivity index (χ3v) is 9.08. The topological polar surface area (TPSA) is 107 Å². The Balaban J connectivity index is 0.000000454. The lowest BCUT2D eigenvalue weighted by atomic mass is 9.77. The van der Waals surface area contributed by atoms with E-state index in [4.69, 9.17) is 14.6 Å². The maximum Gasteiger partial charge on any atom is 0.490 e. The first-order valence-corrected chi connectivity index (χ1v) is 13.1. The lowest BCUT2D eigenvalue weighted by Gasteiger charge is -2.38. The highest BCUT2D eigenvalue weighted by atomic mass is 32.2. The van der Waals surface area contributed by atoms with Gasteiger partial charge >= 0.3 is 12.1 Å². The number of piperazine rings is 1. The number of halogens is 3. The molecule has 36 heavy (non-hydrogen) atoms. The molecule has 4 rings (SSSR count). The fraction of sp³-hybridized carbons (Fsp3) is 0.652. The van der Waals surface area contributed by atoms with Crippen molar-refractivity contribution in [2.45, 2.75) is 43.4 Å². The lowest BCUT2D eigenvalue weighted by molar-refractivity contribution is -0.192. The number of sulfonamides is 1. The quantitative estimate of drug-likeness (QED) is 0.628. The highest BCUT2D eigenvalue weighted by molar-refractivity contribution is 7.89. The summed E-state index contributed by atoms with van der Waals surface area (Å²) < 4.78 is 65.6. The molecule has 0 saturated carbocycles. The number of carboxylic acids is 1. The number of carboxylic acid groups (broad SMARTS) is 1. The van der Waals surface area contributed by atoms with E-state index in [0.717, 1.165) is 44.5 Å². The predicted molar refractivity (Wildman–Crippen MR) is 124 cm³/mol. The summed E-state index contributed by atoms with van der Waals surface area (Å²) in [6.07, 6.45) is -2.34. The largest absolute Gasteiger partial charge is 0.490 e. The first-order valence-electron chi connectivity index (χ1n) is 11.7. The summed E-state index contributed by atoms with van der Waals surface area (Å²) in [5, 5.41) is 7.12. The Kier molecular flexibility index (Phi) is 8.69. The normalized spacial score (nSPS) is 23.4. The summed E-state index contributed by atoms with van der Waals surface area (Å²) in [5.41, 5.74) is 0.859. The smallest absolute Gasteiger partial charge is 0.475 e. The van der Waals surface area contributed by atoms with Crippen LogP contribution in [0.2, 0.25) is 0 Å². The number of aryl methyl sites for hydroxylation is 1. The third-order valence-electron chi connectivity index (χ3n) is 7.02. The zero-order chi connectivity index (χ0) is 26.7. The van der Waals surface area contributed by atoms with Gasteiger partial charge in [0.15, 0.2) is 0 Å². The number of carbonyl (C=O) groups excluding carboxylic acids is 1. The molecule has 0 bridgehead atoms. The molecule has 202 valence electrons. The van der Waals surface area contributed by atoms with Gasteiger partial charge in [-0.25, -0.2) is 13.2 Å². The first kappa shape index (κ1) is 28.4. The third kappa shape index (κ3) is 6.75. The molecule has 3 aliphatic heterocycles. The van der Waals surface area contributed by atoms with Gasteiger partial charge in [0.25, 0.3) is 0 Å². The van der Waals surface area contributed by atoms with Crippen LogP contribution in [0.4, 0.5) is 13.2 Å². The van der Waals surface area contributed by atoms with Gasteiger partial charge in [-0.2, -0.15) is 17.5 Å². The van der Waals surface area contributed by atoms with Crippen LogP contribution in [0, 0.1) is 12.3 Å². The predicted octanol–water partition coefficient (Wildman–Crippen LogP) is 1.96.